The molecule has 0 spiro atoms. The smallest absolute Gasteiger partial charge is 0.316 e. The van der Waals surface area contributed by atoms with Gasteiger partial charge in [-0.25, -0.2) is 4.90 Å². The molecular formula is C28H28N2O5. The lowest BCUT2D eigenvalue weighted by molar-refractivity contribution is -0.139. The van der Waals surface area contributed by atoms with Gasteiger partial charge in [0.05, 0.1) is 23.4 Å². The predicted octanol–water partition coefficient (Wildman–Crippen LogP) is 3.96. The maximum atomic E-state index is 13.1. The van der Waals surface area contributed by atoms with Gasteiger partial charge in [0.15, 0.2) is 0 Å². The molecule has 2 saturated heterocycles. The van der Waals surface area contributed by atoms with Crippen molar-refractivity contribution < 1.29 is 23.9 Å². The quantitative estimate of drug-likeness (QED) is 0.291. The molecule has 0 saturated carbocycles. The van der Waals surface area contributed by atoms with E-state index in [4.69, 9.17) is 4.74 Å². The van der Waals surface area contributed by atoms with Crippen LogP contribution in [0.25, 0.3) is 0 Å². The van der Waals surface area contributed by atoms with E-state index < -0.39 is 11.9 Å². The van der Waals surface area contributed by atoms with Gasteiger partial charge in [-0.15, -0.1) is 0 Å². The number of amides is 3. The number of ether oxygens (including phenoxy) is 1. The SMILES string of the molecule is Cc1ccc(N2C[C@H](C(=O)Oc3cccc(N4C(=O)[C@@H]5[C@@H](C)C=CC[C@H]5C4=O)c3)CC2=O)c(C)c1. The van der Waals surface area contributed by atoms with E-state index in [0.717, 1.165) is 16.8 Å². The van der Waals surface area contributed by atoms with Crippen molar-refractivity contribution in [2.45, 2.75) is 33.6 Å². The highest BCUT2D eigenvalue weighted by atomic mass is 16.5. The maximum Gasteiger partial charge on any atom is 0.316 e. The van der Waals surface area contributed by atoms with Crippen LogP contribution in [0.15, 0.2) is 54.6 Å². The highest BCUT2D eigenvalue weighted by molar-refractivity contribution is 6.22. The monoisotopic (exact) mass is 472 g/mol. The third-order valence-electron chi connectivity index (χ3n) is 7.27. The summed E-state index contributed by atoms with van der Waals surface area (Å²) < 4.78 is 5.61. The molecule has 2 aromatic rings. The Hall–Kier alpha value is -3.74. The van der Waals surface area contributed by atoms with E-state index in [9.17, 15) is 19.2 Å². The van der Waals surface area contributed by atoms with Crippen molar-refractivity contribution in [2.24, 2.45) is 23.7 Å². The molecule has 3 amide bonds. The number of imide groups is 1. The molecule has 2 heterocycles. The van der Waals surface area contributed by atoms with E-state index in [-0.39, 0.29) is 54.2 Å². The molecular weight excluding hydrogens is 444 g/mol. The van der Waals surface area contributed by atoms with Crippen LogP contribution in [0.2, 0.25) is 0 Å². The second-order valence-electron chi connectivity index (χ2n) is 9.78. The second-order valence-corrected chi connectivity index (χ2v) is 9.78. The van der Waals surface area contributed by atoms with Gasteiger partial charge in [0, 0.05) is 24.7 Å². The summed E-state index contributed by atoms with van der Waals surface area (Å²) in [5.41, 5.74) is 3.28. The number of benzene rings is 2. The molecule has 2 aromatic carbocycles. The third kappa shape index (κ3) is 4.05. The van der Waals surface area contributed by atoms with E-state index >= 15 is 0 Å². The minimum Gasteiger partial charge on any atom is -0.426 e. The first kappa shape index (κ1) is 23.0. The highest BCUT2D eigenvalue weighted by Crippen LogP contribution is 2.41. The first-order chi connectivity index (χ1) is 16.7. The van der Waals surface area contributed by atoms with Gasteiger partial charge in [0.1, 0.15) is 5.75 Å². The summed E-state index contributed by atoms with van der Waals surface area (Å²) >= 11 is 0. The lowest BCUT2D eigenvalue weighted by atomic mass is 9.78. The average molecular weight is 473 g/mol. The number of hydrogen-bond acceptors (Lipinski definition) is 5. The van der Waals surface area contributed by atoms with Crippen molar-refractivity contribution in [1.29, 1.82) is 0 Å². The molecule has 0 aromatic heterocycles. The number of esters is 1. The van der Waals surface area contributed by atoms with E-state index in [1.807, 2.05) is 51.1 Å². The summed E-state index contributed by atoms with van der Waals surface area (Å²) in [5, 5.41) is 0. The molecule has 0 N–H and O–H groups in total. The fourth-order valence-electron chi connectivity index (χ4n) is 5.49. The number of anilines is 2. The van der Waals surface area contributed by atoms with Crippen molar-refractivity contribution >= 4 is 35.1 Å². The van der Waals surface area contributed by atoms with Gasteiger partial charge in [0.25, 0.3) is 0 Å². The molecule has 180 valence electrons. The Bertz CT molecular complexity index is 1270. The molecule has 0 bridgehead atoms. The molecule has 35 heavy (non-hydrogen) atoms. The third-order valence-corrected chi connectivity index (χ3v) is 7.27. The lowest BCUT2D eigenvalue weighted by Gasteiger charge is -2.22. The number of rotatable bonds is 4. The van der Waals surface area contributed by atoms with E-state index in [0.29, 0.717) is 12.1 Å². The number of allylic oxidation sites excluding steroid dienone is 2. The number of carbonyl (C=O) groups is 4. The Kier molecular flexibility index (Phi) is 5.79. The molecule has 1 aliphatic carbocycles. The molecule has 5 rings (SSSR count). The van der Waals surface area contributed by atoms with E-state index in [1.54, 1.807) is 29.2 Å². The van der Waals surface area contributed by atoms with Gasteiger partial charge < -0.3 is 9.64 Å². The van der Waals surface area contributed by atoms with E-state index in [2.05, 4.69) is 0 Å². The Morgan fingerprint density at radius 2 is 1.83 bits per heavy atom. The van der Waals surface area contributed by atoms with Crippen molar-refractivity contribution in [1.82, 2.24) is 0 Å². The van der Waals surface area contributed by atoms with Crippen LogP contribution in [0, 0.1) is 37.5 Å². The van der Waals surface area contributed by atoms with Crippen molar-refractivity contribution in [3.8, 4) is 5.75 Å². The largest absolute Gasteiger partial charge is 0.426 e. The number of aryl methyl sites for hydroxylation is 2. The van der Waals surface area contributed by atoms with Gasteiger partial charge in [-0.2, -0.15) is 0 Å². The molecule has 0 unspecified atom stereocenters. The maximum absolute atomic E-state index is 13.1. The standard InChI is InChI=1S/C28H28N2O5/c1-16-10-11-23(18(3)12-16)29-15-19(13-24(29)31)28(34)35-21-8-5-7-20(14-21)30-26(32)22-9-4-6-17(2)25(22)27(30)33/h4-8,10-12,14,17,19,22,25H,9,13,15H2,1-3H3/t17-,19+,22+,25+/m0/s1. The van der Waals surface area contributed by atoms with Crippen LogP contribution in [-0.4, -0.2) is 30.2 Å². The first-order valence-electron chi connectivity index (χ1n) is 12.0. The first-order valence-corrected chi connectivity index (χ1v) is 12.0. The highest BCUT2D eigenvalue weighted by Gasteiger charge is 2.50. The number of nitrogens with zero attached hydrogens (tertiary/aromatic N) is 2. The topological polar surface area (TPSA) is 84.0 Å². The Balaban J connectivity index is 1.30. The molecule has 7 nitrogen and oxygen atoms in total. The summed E-state index contributed by atoms with van der Waals surface area (Å²) in [5.74, 6) is -2.14. The van der Waals surface area contributed by atoms with Gasteiger partial charge in [-0.1, -0.05) is 42.8 Å². The molecule has 2 aliphatic heterocycles. The summed E-state index contributed by atoms with van der Waals surface area (Å²) in [4.78, 5) is 54.5. The summed E-state index contributed by atoms with van der Waals surface area (Å²) in [7, 11) is 0. The number of hydrogen-bond donors (Lipinski definition) is 0. The minimum absolute atomic E-state index is 0.00349. The Labute approximate surface area is 204 Å². The van der Waals surface area contributed by atoms with Crippen LogP contribution >= 0.6 is 0 Å². The van der Waals surface area contributed by atoms with Gasteiger partial charge >= 0.3 is 5.97 Å². The van der Waals surface area contributed by atoms with Gasteiger partial charge in [-0.3, -0.25) is 19.2 Å². The van der Waals surface area contributed by atoms with Crippen molar-refractivity contribution in [2.75, 3.05) is 16.3 Å². The van der Waals surface area contributed by atoms with Crippen LogP contribution in [0.3, 0.4) is 0 Å². The van der Waals surface area contributed by atoms with Gasteiger partial charge in [-0.05, 0) is 49.9 Å². The fourth-order valence-corrected chi connectivity index (χ4v) is 5.49. The van der Waals surface area contributed by atoms with Crippen LogP contribution in [0.1, 0.15) is 30.9 Å². The van der Waals surface area contributed by atoms with Crippen LogP contribution in [0.5, 0.6) is 5.75 Å². The fraction of sp³-hybridized carbons (Fsp3) is 0.357. The summed E-state index contributed by atoms with van der Waals surface area (Å²) in [6, 6.07) is 12.3. The average Bonchev–Trinajstić information content (AvgIpc) is 3.32. The van der Waals surface area contributed by atoms with Crippen molar-refractivity contribution in [3.63, 3.8) is 0 Å². The molecule has 3 aliphatic rings. The molecule has 4 atom stereocenters. The van der Waals surface area contributed by atoms with E-state index in [1.165, 1.54) is 4.90 Å². The summed E-state index contributed by atoms with van der Waals surface area (Å²) in [6.07, 6.45) is 4.57. The minimum atomic E-state index is -0.600. The van der Waals surface area contributed by atoms with Crippen LogP contribution in [0.4, 0.5) is 11.4 Å². The number of fused-ring (bicyclic) bond motifs is 1. The second kappa shape index (κ2) is 8.80. The molecule has 7 heteroatoms. The Morgan fingerprint density at radius 3 is 2.57 bits per heavy atom. The van der Waals surface area contributed by atoms with Crippen LogP contribution in [-0.2, 0) is 19.2 Å². The molecule has 2 fully saturated rings. The lowest BCUT2D eigenvalue weighted by Crippen LogP contribution is -2.31. The number of carbonyl (C=O) groups excluding carboxylic acids is 4. The zero-order chi connectivity index (χ0) is 24.9. The zero-order valence-electron chi connectivity index (χ0n) is 20.1. The van der Waals surface area contributed by atoms with Gasteiger partial charge in [0.2, 0.25) is 17.7 Å². The zero-order valence-corrected chi connectivity index (χ0v) is 20.1. The molecule has 0 radical (unpaired) electrons. The predicted molar refractivity (Wildman–Crippen MR) is 131 cm³/mol. The summed E-state index contributed by atoms with van der Waals surface area (Å²) in [6.45, 7) is 6.13. The van der Waals surface area contributed by atoms with Crippen LogP contribution < -0.4 is 14.5 Å². The van der Waals surface area contributed by atoms with Crippen molar-refractivity contribution in [3.05, 3.63) is 65.7 Å². The Morgan fingerprint density at radius 1 is 1.03 bits per heavy atom. The normalized spacial score (nSPS) is 25.9.